The number of rotatable bonds is 4. The lowest BCUT2D eigenvalue weighted by atomic mass is 10.00. The lowest BCUT2D eigenvalue weighted by molar-refractivity contribution is 0.0865. The monoisotopic (exact) mass is 277 g/mol. The van der Waals surface area contributed by atoms with Gasteiger partial charge in [-0.15, -0.1) is 0 Å². The molecule has 112 valence electrons. The normalized spacial score (nSPS) is 23.2. The maximum absolute atomic E-state index is 5.73. The van der Waals surface area contributed by atoms with E-state index in [0.717, 1.165) is 23.9 Å². The highest BCUT2D eigenvalue weighted by molar-refractivity contribution is 5.16. The second-order valence-corrected chi connectivity index (χ2v) is 6.18. The van der Waals surface area contributed by atoms with Crippen molar-refractivity contribution in [3.05, 3.63) is 23.7 Å². The topological polar surface area (TPSA) is 45.6 Å². The van der Waals surface area contributed by atoms with Gasteiger partial charge in [-0.2, -0.15) is 0 Å². The molecule has 1 aromatic rings. The summed E-state index contributed by atoms with van der Waals surface area (Å²) in [5, 5.41) is 0. The van der Waals surface area contributed by atoms with Crippen LogP contribution in [0.2, 0.25) is 0 Å². The maximum Gasteiger partial charge on any atom is 0.122 e. The Morgan fingerprint density at radius 1 is 1.10 bits per heavy atom. The van der Waals surface area contributed by atoms with Crippen LogP contribution in [-0.4, -0.2) is 42.0 Å². The first-order valence-electron chi connectivity index (χ1n) is 8.08. The van der Waals surface area contributed by atoms with E-state index in [-0.39, 0.29) is 0 Å². The molecule has 0 spiro atoms. The molecule has 3 heterocycles. The quantitative estimate of drug-likeness (QED) is 0.916. The second kappa shape index (κ2) is 6.74. The van der Waals surface area contributed by atoms with Crippen molar-refractivity contribution >= 4 is 0 Å². The molecular formula is C16H27N3O. The Kier molecular flexibility index (Phi) is 4.76. The van der Waals surface area contributed by atoms with Crippen molar-refractivity contribution < 1.29 is 4.42 Å². The number of piperidine rings is 2. The van der Waals surface area contributed by atoms with Crippen molar-refractivity contribution in [2.24, 2.45) is 5.73 Å². The zero-order chi connectivity index (χ0) is 13.8. The highest BCUT2D eigenvalue weighted by Crippen LogP contribution is 2.22. The molecule has 3 rings (SSSR count). The molecule has 0 amide bonds. The van der Waals surface area contributed by atoms with E-state index < -0.39 is 0 Å². The Hall–Kier alpha value is -0.840. The molecule has 0 atom stereocenters. The number of nitrogens with two attached hydrogens (primary N) is 1. The van der Waals surface area contributed by atoms with E-state index in [2.05, 4.69) is 9.80 Å². The van der Waals surface area contributed by atoms with Crippen LogP contribution in [0.3, 0.4) is 0 Å². The van der Waals surface area contributed by atoms with Crippen molar-refractivity contribution in [3.63, 3.8) is 0 Å². The van der Waals surface area contributed by atoms with Crippen molar-refractivity contribution in [3.8, 4) is 0 Å². The highest BCUT2D eigenvalue weighted by atomic mass is 16.3. The van der Waals surface area contributed by atoms with Gasteiger partial charge in [0, 0.05) is 31.2 Å². The summed E-state index contributed by atoms with van der Waals surface area (Å²) in [6.45, 7) is 6.51. The van der Waals surface area contributed by atoms with Crippen LogP contribution in [0.4, 0.5) is 0 Å². The molecule has 2 aliphatic heterocycles. The molecule has 2 N–H and O–H groups in total. The molecule has 0 aromatic carbocycles. The predicted octanol–water partition coefficient (Wildman–Crippen LogP) is 2.19. The third-order valence-corrected chi connectivity index (χ3v) is 4.89. The third-order valence-electron chi connectivity index (χ3n) is 4.89. The van der Waals surface area contributed by atoms with E-state index in [4.69, 9.17) is 10.2 Å². The molecule has 4 nitrogen and oxygen atoms in total. The summed E-state index contributed by atoms with van der Waals surface area (Å²) >= 11 is 0. The van der Waals surface area contributed by atoms with Gasteiger partial charge in [0.2, 0.25) is 0 Å². The van der Waals surface area contributed by atoms with Crippen molar-refractivity contribution in [1.82, 2.24) is 9.80 Å². The molecular weight excluding hydrogens is 250 g/mol. The average Bonchev–Trinajstić information content (AvgIpc) is 2.96. The minimum atomic E-state index is 0.579. The zero-order valence-corrected chi connectivity index (χ0v) is 12.4. The Labute approximate surface area is 121 Å². The smallest absolute Gasteiger partial charge is 0.122 e. The lowest BCUT2D eigenvalue weighted by Crippen LogP contribution is -2.46. The molecule has 0 radical (unpaired) electrons. The molecule has 0 bridgehead atoms. The van der Waals surface area contributed by atoms with Crippen molar-refractivity contribution in [2.45, 2.75) is 51.2 Å². The summed E-state index contributed by atoms with van der Waals surface area (Å²) in [6, 6.07) is 2.81. The predicted molar refractivity (Wildman–Crippen MR) is 80.3 cm³/mol. The molecule has 2 saturated heterocycles. The largest absolute Gasteiger partial charge is 0.468 e. The van der Waals surface area contributed by atoms with Crippen LogP contribution in [0.15, 0.2) is 16.7 Å². The Morgan fingerprint density at radius 2 is 1.85 bits per heavy atom. The maximum atomic E-state index is 5.73. The third kappa shape index (κ3) is 3.25. The molecule has 0 unspecified atom stereocenters. The summed E-state index contributed by atoms with van der Waals surface area (Å²) < 4.78 is 5.57. The van der Waals surface area contributed by atoms with E-state index in [1.54, 1.807) is 6.26 Å². The van der Waals surface area contributed by atoms with Crippen LogP contribution in [0.5, 0.6) is 0 Å². The SMILES string of the molecule is NCc1ccoc1CN1CCC(N2CCCCC2)CC1. The van der Waals surface area contributed by atoms with Crippen LogP contribution in [0, 0.1) is 0 Å². The van der Waals surface area contributed by atoms with Crippen LogP contribution in [0.1, 0.15) is 43.4 Å². The van der Waals surface area contributed by atoms with Crippen molar-refractivity contribution in [2.75, 3.05) is 26.2 Å². The van der Waals surface area contributed by atoms with E-state index in [0.29, 0.717) is 6.54 Å². The van der Waals surface area contributed by atoms with Crippen LogP contribution in [0.25, 0.3) is 0 Å². The minimum absolute atomic E-state index is 0.579. The Morgan fingerprint density at radius 3 is 2.55 bits per heavy atom. The molecule has 20 heavy (non-hydrogen) atoms. The fourth-order valence-electron chi connectivity index (χ4n) is 3.62. The van der Waals surface area contributed by atoms with Gasteiger partial charge in [0.15, 0.2) is 0 Å². The fraction of sp³-hybridized carbons (Fsp3) is 0.750. The zero-order valence-electron chi connectivity index (χ0n) is 12.4. The molecule has 1 aromatic heterocycles. The van der Waals surface area contributed by atoms with Crippen LogP contribution in [-0.2, 0) is 13.1 Å². The number of nitrogens with zero attached hydrogens (tertiary/aromatic N) is 2. The van der Waals surface area contributed by atoms with Gasteiger partial charge in [-0.05, 0) is 44.8 Å². The molecule has 0 aliphatic carbocycles. The summed E-state index contributed by atoms with van der Waals surface area (Å²) in [5.74, 6) is 1.06. The lowest BCUT2D eigenvalue weighted by Gasteiger charge is -2.40. The Bertz CT molecular complexity index is 404. The standard InChI is InChI=1S/C16H27N3O/c17-12-14-6-11-20-16(14)13-18-9-4-15(5-10-18)19-7-2-1-3-8-19/h6,11,15H,1-5,7-10,12-13,17H2. The number of hydrogen-bond donors (Lipinski definition) is 1. The molecule has 0 saturated carbocycles. The number of hydrogen-bond acceptors (Lipinski definition) is 4. The summed E-state index contributed by atoms with van der Waals surface area (Å²) in [5.41, 5.74) is 6.89. The Balaban J connectivity index is 1.48. The van der Waals surface area contributed by atoms with E-state index in [1.165, 1.54) is 58.3 Å². The van der Waals surface area contributed by atoms with Gasteiger partial charge in [-0.3, -0.25) is 4.90 Å². The van der Waals surface area contributed by atoms with E-state index >= 15 is 0 Å². The van der Waals surface area contributed by atoms with Gasteiger partial charge >= 0.3 is 0 Å². The first-order chi connectivity index (χ1) is 9.86. The number of furan rings is 1. The molecule has 4 heteroatoms. The summed E-state index contributed by atoms with van der Waals surface area (Å²) in [6.07, 6.45) is 8.59. The molecule has 2 fully saturated rings. The van der Waals surface area contributed by atoms with Gasteiger partial charge < -0.3 is 15.1 Å². The van der Waals surface area contributed by atoms with Crippen molar-refractivity contribution in [1.29, 1.82) is 0 Å². The summed E-state index contributed by atoms with van der Waals surface area (Å²) in [4.78, 5) is 5.23. The second-order valence-electron chi connectivity index (χ2n) is 6.18. The van der Waals surface area contributed by atoms with Gasteiger partial charge in [-0.25, -0.2) is 0 Å². The van der Waals surface area contributed by atoms with Crippen LogP contribution >= 0.6 is 0 Å². The van der Waals surface area contributed by atoms with Gasteiger partial charge in [-0.1, -0.05) is 6.42 Å². The number of likely N-dealkylation sites (tertiary alicyclic amines) is 2. The van der Waals surface area contributed by atoms with Crippen LogP contribution < -0.4 is 5.73 Å². The first kappa shape index (κ1) is 14.1. The molecule has 2 aliphatic rings. The van der Waals surface area contributed by atoms with Gasteiger partial charge in [0.1, 0.15) is 5.76 Å². The fourth-order valence-corrected chi connectivity index (χ4v) is 3.62. The highest BCUT2D eigenvalue weighted by Gasteiger charge is 2.26. The van der Waals surface area contributed by atoms with Gasteiger partial charge in [0.25, 0.3) is 0 Å². The first-order valence-corrected chi connectivity index (χ1v) is 8.08. The average molecular weight is 277 g/mol. The van der Waals surface area contributed by atoms with E-state index in [1.807, 2.05) is 6.07 Å². The summed E-state index contributed by atoms with van der Waals surface area (Å²) in [7, 11) is 0. The minimum Gasteiger partial charge on any atom is -0.468 e. The van der Waals surface area contributed by atoms with E-state index in [9.17, 15) is 0 Å². The van der Waals surface area contributed by atoms with Gasteiger partial charge in [0.05, 0.1) is 12.8 Å².